The third-order valence-corrected chi connectivity index (χ3v) is 3.14. The van der Waals surface area contributed by atoms with E-state index in [0.29, 0.717) is 19.0 Å². The summed E-state index contributed by atoms with van der Waals surface area (Å²) in [5.74, 6) is -2.09. The van der Waals surface area contributed by atoms with Crippen LogP contribution in [0.4, 0.5) is 8.78 Å². The molecule has 0 unspecified atom stereocenters. The molecule has 1 saturated heterocycles. The van der Waals surface area contributed by atoms with Gasteiger partial charge in [-0.15, -0.1) is 0 Å². The highest BCUT2D eigenvalue weighted by Crippen LogP contribution is 2.28. The van der Waals surface area contributed by atoms with Crippen LogP contribution in [0.3, 0.4) is 0 Å². The highest BCUT2D eigenvalue weighted by atomic mass is 19.3. The fourth-order valence-corrected chi connectivity index (χ4v) is 2.11. The molecule has 1 aromatic heterocycles. The van der Waals surface area contributed by atoms with Gasteiger partial charge in [0.25, 0.3) is 5.92 Å². The molecule has 0 N–H and O–H groups in total. The Labute approximate surface area is 101 Å². The third kappa shape index (κ3) is 3.22. The van der Waals surface area contributed by atoms with Crippen LogP contribution in [0.1, 0.15) is 37.3 Å². The average Bonchev–Trinajstić information content (AvgIpc) is 2.58. The van der Waals surface area contributed by atoms with Crippen LogP contribution in [0.5, 0.6) is 0 Å². The number of aromatic nitrogens is 1. The lowest BCUT2D eigenvalue weighted by Crippen LogP contribution is -2.24. The quantitative estimate of drug-likeness (QED) is 0.807. The van der Waals surface area contributed by atoms with E-state index in [9.17, 15) is 8.78 Å². The minimum atomic E-state index is -2.51. The normalized spacial score (nSPS) is 20.1. The van der Waals surface area contributed by atoms with Crippen molar-refractivity contribution in [1.29, 1.82) is 0 Å². The number of alkyl halides is 2. The molecule has 2 nitrogen and oxygen atoms in total. The van der Waals surface area contributed by atoms with E-state index in [1.54, 1.807) is 11.1 Å². The summed E-state index contributed by atoms with van der Waals surface area (Å²) in [6.45, 7) is 5.12. The zero-order valence-electron chi connectivity index (χ0n) is 10.3. The Morgan fingerprint density at radius 3 is 2.76 bits per heavy atom. The summed E-state index contributed by atoms with van der Waals surface area (Å²) in [6.07, 6.45) is 3.58. The second-order valence-electron chi connectivity index (χ2n) is 5.10. The van der Waals surface area contributed by atoms with Crippen LogP contribution in [0.25, 0.3) is 0 Å². The summed E-state index contributed by atoms with van der Waals surface area (Å²) in [5, 5.41) is 0. The van der Waals surface area contributed by atoms with Gasteiger partial charge in [0.1, 0.15) is 0 Å². The molecule has 1 aliphatic heterocycles. The fourth-order valence-electron chi connectivity index (χ4n) is 2.11. The lowest BCUT2D eigenvalue weighted by molar-refractivity contribution is 0.0115. The summed E-state index contributed by atoms with van der Waals surface area (Å²) in [4.78, 5) is 5.96. The van der Waals surface area contributed by atoms with Crippen LogP contribution < -0.4 is 0 Å². The number of nitrogens with zero attached hydrogens (tertiary/aromatic N) is 2. The molecule has 0 atom stereocenters. The highest BCUT2D eigenvalue weighted by Gasteiger charge is 2.37. The molecule has 1 fully saturated rings. The van der Waals surface area contributed by atoms with Gasteiger partial charge >= 0.3 is 0 Å². The van der Waals surface area contributed by atoms with E-state index < -0.39 is 5.92 Å². The zero-order chi connectivity index (χ0) is 12.5. The van der Waals surface area contributed by atoms with Crippen molar-refractivity contribution >= 4 is 0 Å². The number of halogens is 2. The maximum absolute atomic E-state index is 13.0. The first-order valence-electron chi connectivity index (χ1n) is 6.00. The third-order valence-electron chi connectivity index (χ3n) is 3.14. The SMILES string of the molecule is CC(C)c1cncc(CN2CCC(F)(F)C2)c1. The smallest absolute Gasteiger partial charge is 0.261 e. The van der Waals surface area contributed by atoms with Crippen LogP contribution in [-0.2, 0) is 6.54 Å². The van der Waals surface area contributed by atoms with Gasteiger partial charge in [-0.3, -0.25) is 9.88 Å². The van der Waals surface area contributed by atoms with E-state index in [-0.39, 0.29) is 13.0 Å². The Kier molecular flexibility index (Phi) is 3.43. The molecule has 0 aromatic carbocycles. The topological polar surface area (TPSA) is 16.1 Å². The number of rotatable bonds is 3. The fraction of sp³-hybridized carbons (Fsp3) is 0.615. The minimum Gasteiger partial charge on any atom is -0.293 e. The number of hydrogen-bond acceptors (Lipinski definition) is 2. The molecule has 0 bridgehead atoms. The molecule has 1 aliphatic rings. The molecular weight excluding hydrogens is 222 g/mol. The lowest BCUT2D eigenvalue weighted by atomic mass is 10.0. The zero-order valence-corrected chi connectivity index (χ0v) is 10.3. The largest absolute Gasteiger partial charge is 0.293 e. The molecular formula is C13H18F2N2. The second kappa shape index (κ2) is 4.69. The molecule has 2 rings (SSSR count). The van der Waals surface area contributed by atoms with Crippen molar-refractivity contribution < 1.29 is 8.78 Å². The Bertz CT molecular complexity index is 391. The summed E-state index contributed by atoms with van der Waals surface area (Å²) in [6, 6.07) is 2.06. The second-order valence-corrected chi connectivity index (χ2v) is 5.10. The monoisotopic (exact) mass is 240 g/mol. The molecule has 0 spiro atoms. The van der Waals surface area contributed by atoms with Gasteiger partial charge in [-0.25, -0.2) is 8.78 Å². The predicted molar refractivity (Wildman–Crippen MR) is 63.2 cm³/mol. The van der Waals surface area contributed by atoms with Gasteiger partial charge in [0.05, 0.1) is 6.54 Å². The van der Waals surface area contributed by atoms with Gasteiger partial charge in [0.2, 0.25) is 0 Å². The van der Waals surface area contributed by atoms with E-state index in [4.69, 9.17) is 0 Å². The highest BCUT2D eigenvalue weighted by molar-refractivity contribution is 5.20. The first-order valence-corrected chi connectivity index (χ1v) is 6.00. The Morgan fingerprint density at radius 2 is 2.18 bits per heavy atom. The molecule has 2 heterocycles. The summed E-state index contributed by atoms with van der Waals surface area (Å²) in [5.41, 5.74) is 2.18. The van der Waals surface area contributed by atoms with Crippen LogP contribution >= 0.6 is 0 Å². The Balaban J connectivity index is 2.02. The summed E-state index contributed by atoms with van der Waals surface area (Å²) in [7, 11) is 0. The van der Waals surface area contributed by atoms with E-state index >= 15 is 0 Å². The molecule has 1 aromatic rings. The summed E-state index contributed by atoms with van der Waals surface area (Å²) < 4.78 is 26.1. The van der Waals surface area contributed by atoms with Crippen molar-refractivity contribution in [3.8, 4) is 0 Å². The predicted octanol–water partition coefficient (Wildman–Crippen LogP) is 3.05. The van der Waals surface area contributed by atoms with Gasteiger partial charge in [-0.2, -0.15) is 0 Å². The Morgan fingerprint density at radius 1 is 1.41 bits per heavy atom. The van der Waals surface area contributed by atoms with Crippen LogP contribution in [0.15, 0.2) is 18.5 Å². The van der Waals surface area contributed by atoms with E-state index in [2.05, 4.69) is 24.9 Å². The van der Waals surface area contributed by atoms with Crippen molar-refractivity contribution in [1.82, 2.24) is 9.88 Å². The van der Waals surface area contributed by atoms with Crippen molar-refractivity contribution in [3.63, 3.8) is 0 Å². The molecule has 0 aliphatic carbocycles. The number of pyridine rings is 1. The van der Waals surface area contributed by atoms with Crippen molar-refractivity contribution in [2.75, 3.05) is 13.1 Å². The van der Waals surface area contributed by atoms with Crippen LogP contribution in [0, 0.1) is 0 Å². The first kappa shape index (κ1) is 12.4. The van der Waals surface area contributed by atoms with Gasteiger partial charge in [-0.05, 0) is 17.0 Å². The van der Waals surface area contributed by atoms with Crippen molar-refractivity contribution in [2.24, 2.45) is 0 Å². The number of hydrogen-bond donors (Lipinski definition) is 0. The molecule has 94 valence electrons. The van der Waals surface area contributed by atoms with Crippen LogP contribution in [0.2, 0.25) is 0 Å². The van der Waals surface area contributed by atoms with Crippen molar-refractivity contribution in [3.05, 3.63) is 29.6 Å². The summed E-state index contributed by atoms with van der Waals surface area (Å²) >= 11 is 0. The van der Waals surface area contributed by atoms with Gasteiger partial charge < -0.3 is 0 Å². The van der Waals surface area contributed by atoms with E-state index in [1.165, 1.54) is 0 Å². The molecule has 0 radical (unpaired) electrons. The van der Waals surface area contributed by atoms with E-state index in [0.717, 1.165) is 11.1 Å². The molecule has 17 heavy (non-hydrogen) atoms. The van der Waals surface area contributed by atoms with Gasteiger partial charge in [0, 0.05) is 31.9 Å². The maximum Gasteiger partial charge on any atom is 0.261 e. The van der Waals surface area contributed by atoms with Crippen LogP contribution in [-0.4, -0.2) is 28.9 Å². The number of likely N-dealkylation sites (tertiary alicyclic amines) is 1. The molecule has 0 saturated carbocycles. The molecule has 4 heteroatoms. The van der Waals surface area contributed by atoms with Gasteiger partial charge in [0.15, 0.2) is 0 Å². The van der Waals surface area contributed by atoms with E-state index in [1.807, 2.05) is 6.20 Å². The lowest BCUT2D eigenvalue weighted by Gasteiger charge is -2.16. The minimum absolute atomic E-state index is 0.0235. The Hall–Kier alpha value is -1.03. The molecule has 0 amide bonds. The average molecular weight is 240 g/mol. The van der Waals surface area contributed by atoms with Crippen molar-refractivity contribution in [2.45, 2.75) is 38.7 Å². The maximum atomic E-state index is 13.0. The standard InChI is InChI=1S/C13H18F2N2/c1-10(2)12-5-11(6-16-7-12)8-17-4-3-13(14,15)9-17/h5-7,10H,3-4,8-9H2,1-2H3. The van der Waals surface area contributed by atoms with Gasteiger partial charge in [-0.1, -0.05) is 19.9 Å². The first-order chi connectivity index (χ1) is 7.96.